The fourth-order valence-corrected chi connectivity index (χ4v) is 3.77. The Morgan fingerprint density at radius 1 is 1.19 bits per heavy atom. The van der Waals surface area contributed by atoms with Gasteiger partial charge in [0.1, 0.15) is 12.1 Å². The minimum absolute atomic E-state index is 0.101. The number of aromatic nitrogens is 2. The third kappa shape index (κ3) is 6.63. The molecule has 0 aliphatic heterocycles. The average Bonchev–Trinajstić information content (AvgIpc) is 2.79. The molecule has 0 saturated carbocycles. The van der Waals surface area contributed by atoms with E-state index in [1.807, 2.05) is 30.3 Å². The third-order valence-corrected chi connectivity index (χ3v) is 5.53. The molecule has 1 unspecified atom stereocenters. The van der Waals surface area contributed by atoms with Crippen LogP contribution in [0.3, 0.4) is 0 Å². The zero-order chi connectivity index (χ0) is 22.9. The van der Waals surface area contributed by atoms with E-state index in [2.05, 4.69) is 27.1 Å². The van der Waals surface area contributed by atoms with Crippen LogP contribution in [0.15, 0.2) is 48.8 Å². The summed E-state index contributed by atoms with van der Waals surface area (Å²) < 4.78 is 4.74. The van der Waals surface area contributed by atoms with Crippen molar-refractivity contribution >= 4 is 34.3 Å². The van der Waals surface area contributed by atoms with Gasteiger partial charge in [0.2, 0.25) is 0 Å². The SMILES string of the molecule is COC(=O)c1ccc(CN(CCO)CCCC(C)Nc2ncnc3cc(Cl)ccc23)cc1. The fraction of sp³-hybridized carbons (Fsp3) is 0.375. The molecule has 1 atom stereocenters. The number of esters is 1. The van der Waals surface area contributed by atoms with E-state index in [0.29, 0.717) is 23.7 Å². The fourth-order valence-electron chi connectivity index (χ4n) is 3.61. The predicted octanol–water partition coefficient (Wildman–Crippen LogP) is 4.14. The van der Waals surface area contributed by atoms with Gasteiger partial charge in [0.25, 0.3) is 0 Å². The Hall–Kier alpha value is -2.74. The summed E-state index contributed by atoms with van der Waals surface area (Å²) in [5, 5.41) is 14.5. The van der Waals surface area contributed by atoms with Gasteiger partial charge in [0, 0.05) is 29.5 Å². The third-order valence-electron chi connectivity index (χ3n) is 5.29. The molecule has 2 aromatic carbocycles. The highest BCUT2D eigenvalue weighted by molar-refractivity contribution is 6.31. The highest BCUT2D eigenvalue weighted by Crippen LogP contribution is 2.23. The molecule has 0 aliphatic carbocycles. The van der Waals surface area contributed by atoms with E-state index in [4.69, 9.17) is 16.3 Å². The molecule has 0 bridgehead atoms. The molecular formula is C24H29ClN4O3. The molecule has 2 N–H and O–H groups in total. The monoisotopic (exact) mass is 456 g/mol. The number of ether oxygens (including phenoxy) is 1. The molecule has 7 nitrogen and oxygen atoms in total. The molecule has 0 fully saturated rings. The van der Waals surface area contributed by atoms with Gasteiger partial charge in [-0.25, -0.2) is 14.8 Å². The topological polar surface area (TPSA) is 87.6 Å². The molecule has 32 heavy (non-hydrogen) atoms. The van der Waals surface area contributed by atoms with Crippen LogP contribution in [0.25, 0.3) is 10.9 Å². The first kappa shape index (κ1) is 23.9. The van der Waals surface area contributed by atoms with Gasteiger partial charge in [-0.15, -0.1) is 0 Å². The molecule has 170 valence electrons. The Labute approximate surface area is 193 Å². The van der Waals surface area contributed by atoms with Crippen molar-refractivity contribution in [3.8, 4) is 0 Å². The largest absolute Gasteiger partial charge is 0.465 e. The van der Waals surface area contributed by atoms with Crippen LogP contribution in [0, 0.1) is 0 Å². The van der Waals surface area contributed by atoms with Gasteiger partial charge >= 0.3 is 5.97 Å². The number of nitrogens with one attached hydrogen (secondary N) is 1. The average molecular weight is 457 g/mol. The van der Waals surface area contributed by atoms with Crippen LogP contribution in [0.2, 0.25) is 5.02 Å². The van der Waals surface area contributed by atoms with Crippen LogP contribution in [0.4, 0.5) is 5.82 Å². The predicted molar refractivity (Wildman–Crippen MR) is 127 cm³/mol. The first-order valence-corrected chi connectivity index (χ1v) is 11.0. The van der Waals surface area contributed by atoms with Crippen LogP contribution in [-0.4, -0.2) is 58.8 Å². The highest BCUT2D eigenvalue weighted by Gasteiger charge is 2.11. The van der Waals surface area contributed by atoms with Gasteiger partial charge in [0.15, 0.2) is 0 Å². The zero-order valence-electron chi connectivity index (χ0n) is 18.4. The summed E-state index contributed by atoms with van der Waals surface area (Å²) in [6.07, 6.45) is 3.45. The molecule has 1 aromatic heterocycles. The zero-order valence-corrected chi connectivity index (χ0v) is 19.2. The molecule has 0 radical (unpaired) electrons. The van der Waals surface area contributed by atoms with Crippen molar-refractivity contribution in [2.24, 2.45) is 0 Å². The number of hydrogen-bond donors (Lipinski definition) is 2. The second kappa shape index (κ2) is 11.8. The Kier molecular flexibility index (Phi) is 8.79. The minimum Gasteiger partial charge on any atom is -0.465 e. The molecule has 0 saturated heterocycles. The number of aliphatic hydroxyl groups is 1. The molecule has 8 heteroatoms. The lowest BCUT2D eigenvalue weighted by Gasteiger charge is -2.23. The number of nitrogens with zero attached hydrogens (tertiary/aromatic N) is 3. The smallest absolute Gasteiger partial charge is 0.337 e. The van der Waals surface area contributed by atoms with Gasteiger partial charge in [0.05, 0.1) is 24.8 Å². The first-order chi connectivity index (χ1) is 15.5. The lowest BCUT2D eigenvalue weighted by Crippen LogP contribution is -2.28. The van der Waals surface area contributed by atoms with E-state index in [9.17, 15) is 9.90 Å². The molecule has 0 amide bonds. The maximum absolute atomic E-state index is 11.6. The molecule has 3 aromatic rings. The van der Waals surface area contributed by atoms with E-state index in [1.54, 1.807) is 18.5 Å². The quantitative estimate of drug-likeness (QED) is 0.419. The number of rotatable bonds is 11. The van der Waals surface area contributed by atoms with Crippen LogP contribution in [-0.2, 0) is 11.3 Å². The number of carbonyl (C=O) groups excluding carboxylic acids is 1. The van der Waals surface area contributed by atoms with Crippen molar-refractivity contribution in [1.82, 2.24) is 14.9 Å². The van der Waals surface area contributed by atoms with Gasteiger partial charge < -0.3 is 15.2 Å². The van der Waals surface area contributed by atoms with Crippen molar-refractivity contribution < 1.29 is 14.6 Å². The molecule has 3 rings (SSSR count). The standard InChI is InChI=1S/C24H29ClN4O3/c1-17(28-23-21-10-9-20(25)14-22(21)26-16-27-23)4-3-11-29(12-13-30)15-18-5-7-19(8-6-18)24(31)32-2/h5-10,14,16-17,30H,3-4,11-13,15H2,1-2H3,(H,26,27,28). The number of carbonyl (C=O) groups is 1. The Balaban J connectivity index is 1.52. The minimum atomic E-state index is -0.343. The van der Waals surface area contributed by atoms with E-state index in [0.717, 1.165) is 41.7 Å². The summed E-state index contributed by atoms with van der Waals surface area (Å²) in [6.45, 7) is 4.39. The van der Waals surface area contributed by atoms with Crippen LogP contribution in [0.1, 0.15) is 35.7 Å². The van der Waals surface area contributed by atoms with Crippen molar-refractivity contribution in [2.45, 2.75) is 32.4 Å². The first-order valence-electron chi connectivity index (χ1n) is 10.7. The van der Waals surface area contributed by atoms with E-state index in [1.165, 1.54) is 7.11 Å². The number of halogens is 1. The number of benzene rings is 2. The number of fused-ring (bicyclic) bond motifs is 1. The van der Waals surface area contributed by atoms with Crippen LogP contribution >= 0.6 is 11.6 Å². The Morgan fingerprint density at radius 2 is 1.97 bits per heavy atom. The normalized spacial score (nSPS) is 12.2. The van der Waals surface area contributed by atoms with Gasteiger partial charge in [-0.2, -0.15) is 0 Å². The van der Waals surface area contributed by atoms with E-state index >= 15 is 0 Å². The maximum atomic E-state index is 11.6. The summed E-state index contributed by atoms with van der Waals surface area (Å²) in [6, 6.07) is 13.2. The molecule has 1 heterocycles. The Bertz CT molecular complexity index is 1030. The second-order valence-corrected chi connectivity index (χ2v) is 8.20. The van der Waals surface area contributed by atoms with E-state index < -0.39 is 0 Å². The van der Waals surface area contributed by atoms with Crippen LogP contribution in [0.5, 0.6) is 0 Å². The molecule has 0 spiro atoms. The number of aliphatic hydroxyl groups excluding tert-OH is 1. The van der Waals surface area contributed by atoms with Crippen molar-refractivity contribution in [3.05, 3.63) is 64.9 Å². The van der Waals surface area contributed by atoms with E-state index in [-0.39, 0.29) is 18.6 Å². The Morgan fingerprint density at radius 3 is 2.69 bits per heavy atom. The lowest BCUT2D eigenvalue weighted by molar-refractivity contribution is 0.0600. The van der Waals surface area contributed by atoms with Gasteiger partial charge in [-0.3, -0.25) is 4.90 Å². The maximum Gasteiger partial charge on any atom is 0.337 e. The number of anilines is 1. The summed E-state index contributed by atoms with van der Waals surface area (Å²) >= 11 is 6.06. The summed E-state index contributed by atoms with van der Waals surface area (Å²) in [5.41, 5.74) is 2.43. The summed E-state index contributed by atoms with van der Waals surface area (Å²) in [4.78, 5) is 22.5. The molecule has 0 aliphatic rings. The second-order valence-electron chi connectivity index (χ2n) is 7.76. The summed E-state index contributed by atoms with van der Waals surface area (Å²) in [5.74, 6) is 0.460. The van der Waals surface area contributed by atoms with Crippen LogP contribution < -0.4 is 5.32 Å². The van der Waals surface area contributed by atoms with Crippen molar-refractivity contribution in [2.75, 3.05) is 32.1 Å². The molecular weight excluding hydrogens is 428 g/mol. The summed E-state index contributed by atoms with van der Waals surface area (Å²) in [7, 11) is 1.37. The lowest BCUT2D eigenvalue weighted by atomic mass is 10.1. The van der Waals surface area contributed by atoms with Gasteiger partial charge in [-0.05, 0) is 62.2 Å². The van der Waals surface area contributed by atoms with Gasteiger partial charge in [-0.1, -0.05) is 23.7 Å². The van der Waals surface area contributed by atoms with Crippen molar-refractivity contribution in [3.63, 3.8) is 0 Å². The number of methoxy groups -OCH3 is 1. The highest BCUT2D eigenvalue weighted by atomic mass is 35.5. The number of hydrogen-bond acceptors (Lipinski definition) is 7. The van der Waals surface area contributed by atoms with Crippen molar-refractivity contribution in [1.29, 1.82) is 0 Å².